The number of terminal acetylenes is 1. The molecule has 2 rings (SSSR count). The molecule has 0 saturated heterocycles. The Morgan fingerprint density at radius 1 is 1.41 bits per heavy atom. The molecule has 0 aliphatic heterocycles. The lowest BCUT2D eigenvalue weighted by Gasteiger charge is -2.03. The molecular weight excluding hydrogens is 248 g/mol. The first-order chi connectivity index (χ1) is 8.29. The first-order valence-electron chi connectivity index (χ1n) is 5.19. The SMILES string of the molecule is C#CC(C)NSc1ccc(-c2ccccn2)s1. The van der Waals surface area contributed by atoms with Crippen molar-refractivity contribution in [2.24, 2.45) is 0 Å². The van der Waals surface area contributed by atoms with E-state index in [-0.39, 0.29) is 6.04 Å². The summed E-state index contributed by atoms with van der Waals surface area (Å²) >= 11 is 3.27. The maximum absolute atomic E-state index is 5.30. The van der Waals surface area contributed by atoms with Gasteiger partial charge in [-0.2, -0.15) is 0 Å². The summed E-state index contributed by atoms with van der Waals surface area (Å²) in [6.45, 7) is 1.96. The van der Waals surface area contributed by atoms with E-state index in [1.54, 1.807) is 29.5 Å². The van der Waals surface area contributed by atoms with E-state index in [1.165, 1.54) is 9.09 Å². The molecule has 86 valence electrons. The summed E-state index contributed by atoms with van der Waals surface area (Å²) < 4.78 is 4.37. The average molecular weight is 260 g/mol. The highest BCUT2D eigenvalue weighted by Gasteiger charge is 2.05. The van der Waals surface area contributed by atoms with Crippen molar-refractivity contribution in [1.82, 2.24) is 9.71 Å². The van der Waals surface area contributed by atoms with Gasteiger partial charge in [0.25, 0.3) is 0 Å². The third-order valence-corrected chi connectivity index (χ3v) is 4.30. The van der Waals surface area contributed by atoms with Crippen molar-refractivity contribution >= 4 is 23.3 Å². The molecule has 2 aromatic heterocycles. The van der Waals surface area contributed by atoms with Gasteiger partial charge < -0.3 is 0 Å². The van der Waals surface area contributed by atoms with E-state index in [0.717, 1.165) is 5.69 Å². The second kappa shape index (κ2) is 5.87. The van der Waals surface area contributed by atoms with Gasteiger partial charge in [0.2, 0.25) is 0 Å². The molecule has 2 aromatic rings. The van der Waals surface area contributed by atoms with E-state index < -0.39 is 0 Å². The van der Waals surface area contributed by atoms with Crippen molar-refractivity contribution in [2.75, 3.05) is 0 Å². The highest BCUT2D eigenvalue weighted by molar-refractivity contribution is 7.99. The van der Waals surface area contributed by atoms with Crippen LogP contribution in [0.5, 0.6) is 0 Å². The molecule has 0 aliphatic carbocycles. The fourth-order valence-corrected chi connectivity index (χ4v) is 2.99. The fraction of sp³-hybridized carbons (Fsp3) is 0.154. The Hall–Kier alpha value is -1.28. The summed E-state index contributed by atoms with van der Waals surface area (Å²) in [6.07, 6.45) is 7.11. The van der Waals surface area contributed by atoms with Crippen LogP contribution in [-0.4, -0.2) is 11.0 Å². The van der Waals surface area contributed by atoms with Gasteiger partial charge in [0, 0.05) is 6.20 Å². The first kappa shape index (κ1) is 12.2. The number of nitrogens with one attached hydrogen (secondary N) is 1. The summed E-state index contributed by atoms with van der Waals surface area (Å²) in [6, 6.07) is 10.2. The molecule has 0 saturated carbocycles. The van der Waals surface area contributed by atoms with Gasteiger partial charge in [-0.05, 0) is 43.1 Å². The zero-order chi connectivity index (χ0) is 12.1. The highest BCUT2D eigenvalue weighted by Crippen LogP contribution is 2.31. The van der Waals surface area contributed by atoms with Crippen molar-refractivity contribution in [2.45, 2.75) is 17.2 Å². The zero-order valence-corrected chi connectivity index (χ0v) is 11.0. The first-order valence-corrected chi connectivity index (χ1v) is 6.82. The van der Waals surface area contributed by atoms with E-state index >= 15 is 0 Å². The maximum atomic E-state index is 5.30. The minimum Gasteiger partial charge on any atom is -0.255 e. The normalized spacial score (nSPS) is 12.0. The van der Waals surface area contributed by atoms with Gasteiger partial charge in [-0.15, -0.1) is 17.8 Å². The average Bonchev–Trinajstić information content (AvgIpc) is 2.86. The van der Waals surface area contributed by atoms with Gasteiger partial charge >= 0.3 is 0 Å². The zero-order valence-electron chi connectivity index (χ0n) is 9.38. The van der Waals surface area contributed by atoms with Crippen LogP contribution in [0.25, 0.3) is 10.6 Å². The topological polar surface area (TPSA) is 24.9 Å². The van der Waals surface area contributed by atoms with Gasteiger partial charge in [-0.3, -0.25) is 4.98 Å². The van der Waals surface area contributed by atoms with Crippen LogP contribution in [0, 0.1) is 12.3 Å². The molecule has 0 radical (unpaired) electrons. The lowest BCUT2D eigenvalue weighted by molar-refractivity contribution is 0.882. The predicted octanol–water partition coefficient (Wildman–Crippen LogP) is 3.43. The maximum Gasteiger partial charge on any atom is 0.0802 e. The Balaban J connectivity index is 2.05. The van der Waals surface area contributed by atoms with Crippen molar-refractivity contribution < 1.29 is 0 Å². The second-order valence-corrected chi connectivity index (χ2v) is 5.66. The summed E-state index contributed by atoms with van der Waals surface area (Å²) in [7, 11) is 0. The number of thiophene rings is 1. The molecule has 0 aliphatic rings. The Labute approximate surface area is 110 Å². The summed E-state index contributed by atoms with van der Waals surface area (Å²) in [5.74, 6) is 2.63. The molecule has 1 unspecified atom stereocenters. The van der Waals surface area contributed by atoms with Crippen LogP contribution in [0.2, 0.25) is 0 Å². The van der Waals surface area contributed by atoms with Crippen LogP contribution < -0.4 is 4.72 Å². The van der Waals surface area contributed by atoms with E-state index in [0.29, 0.717) is 0 Å². The molecule has 2 heterocycles. The van der Waals surface area contributed by atoms with Crippen molar-refractivity contribution in [3.05, 3.63) is 36.5 Å². The quantitative estimate of drug-likeness (QED) is 0.673. The minimum absolute atomic E-state index is 0.0698. The van der Waals surface area contributed by atoms with Gasteiger partial charge in [-0.1, -0.05) is 12.0 Å². The van der Waals surface area contributed by atoms with Crippen LogP contribution in [0.4, 0.5) is 0 Å². The number of aromatic nitrogens is 1. The molecular formula is C13H12N2S2. The van der Waals surface area contributed by atoms with E-state index in [2.05, 4.69) is 27.8 Å². The highest BCUT2D eigenvalue weighted by atomic mass is 32.2. The summed E-state index contributed by atoms with van der Waals surface area (Å²) in [5.41, 5.74) is 1.01. The standard InChI is InChI=1S/C13H12N2S2/c1-3-10(2)15-17-13-8-7-12(16-13)11-6-4-5-9-14-11/h1,4-10,15H,2H3. The van der Waals surface area contributed by atoms with E-state index in [9.17, 15) is 0 Å². The van der Waals surface area contributed by atoms with Crippen LogP contribution in [0.3, 0.4) is 0 Å². The third-order valence-electron chi connectivity index (χ3n) is 2.08. The number of pyridine rings is 1. The van der Waals surface area contributed by atoms with Crippen molar-refractivity contribution in [1.29, 1.82) is 0 Å². The molecule has 0 fully saturated rings. The Morgan fingerprint density at radius 3 is 3.00 bits per heavy atom. The molecule has 0 aromatic carbocycles. The molecule has 1 atom stereocenters. The van der Waals surface area contributed by atoms with Gasteiger partial charge in [0.05, 0.1) is 20.8 Å². The minimum atomic E-state index is 0.0698. The molecule has 0 bridgehead atoms. The molecule has 17 heavy (non-hydrogen) atoms. The molecule has 2 nitrogen and oxygen atoms in total. The molecule has 4 heteroatoms. The van der Waals surface area contributed by atoms with E-state index in [1.807, 2.05) is 25.1 Å². The smallest absolute Gasteiger partial charge is 0.0802 e. The van der Waals surface area contributed by atoms with Gasteiger partial charge in [0.1, 0.15) is 0 Å². The number of rotatable bonds is 4. The lowest BCUT2D eigenvalue weighted by Crippen LogP contribution is -2.15. The molecule has 1 N–H and O–H groups in total. The number of hydrogen-bond acceptors (Lipinski definition) is 4. The third kappa shape index (κ3) is 3.34. The molecule has 0 spiro atoms. The fourth-order valence-electron chi connectivity index (χ4n) is 1.20. The van der Waals surface area contributed by atoms with E-state index in [4.69, 9.17) is 6.42 Å². The van der Waals surface area contributed by atoms with Crippen molar-refractivity contribution in [3.8, 4) is 22.9 Å². The van der Waals surface area contributed by atoms with Gasteiger partial charge in [0.15, 0.2) is 0 Å². The summed E-state index contributed by atoms with van der Waals surface area (Å²) in [4.78, 5) is 5.49. The Kier molecular flexibility index (Phi) is 4.21. The number of hydrogen-bond donors (Lipinski definition) is 1. The van der Waals surface area contributed by atoms with Crippen LogP contribution in [0.1, 0.15) is 6.92 Å². The molecule has 0 amide bonds. The largest absolute Gasteiger partial charge is 0.255 e. The van der Waals surface area contributed by atoms with Crippen molar-refractivity contribution in [3.63, 3.8) is 0 Å². The number of nitrogens with zero attached hydrogens (tertiary/aromatic N) is 1. The van der Waals surface area contributed by atoms with Crippen LogP contribution in [0.15, 0.2) is 40.7 Å². The lowest BCUT2D eigenvalue weighted by atomic mass is 10.3. The Morgan fingerprint density at radius 2 is 2.29 bits per heavy atom. The monoisotopic (exact) mass is 260 g/mol. The Bertz CT molecular complexity index is 514. The summed E-state index contributed by atoms with van der Waals surface area (Å²) in [5, 5.41) is 0. The predicted molar refractivity (Wildman–Crippen MR) is 74.8 cm³/mol. The van der Waals surface area contributed by atoms with Crippen LogP contribution >= 0.6 is 23.3 Å². The second-order valence-electron chi connectivity index (χ2n) is 3.44. The van der Waals surface area contributed by atoms with Gasteiger partial charge in [-0.25, -0.2) is 4.72 Å². The van der Waals surface area contributed by atoms with Crippen LogP contribution in [-0.2, 0) is 0 Å².